The molecule has 0 radical (unpaired) electrons. The Labute approximate surface area is 68.8 Å². The fraction of sp³-hybridized carbons (Fsp3) is 1.00. The van der Waals surface area contributed by atoms with E-state index in [1.54, 1.807) is 0 Å². The van der Waals surface area contributed by atoms with Gasteiger partial charge < -0.3 is 0 Å². The zero-order chi connectivity index (χ0) is 9.00. The van der Waals surface area contributed by atoms with Gasteiger partial charge in [0.05, 0.1) is 0 Å². The highest BCUT2D eigenvalue weighted by Gasteiger charge is 2.19. The van der Waals surface area contributed by atoms with E-state index in [-0.39, 0.29) is 0 Å². The number of rotatable bonds is 0. The van der Waals surface area contributed by atoms with Crippen LogP contribution < -0.4 is 0 Å². The smallest absolute Gasteiger partial charge is 0.160 e. The van der Waals surface area contributed by atoms with Crippen LogP contribution in [0.1, 0.15) is 0 Å². The fourth-order valence-corrected chi connectivity index (χ4v) is 0. The lowest BCUT2D eigenvalue weighted by atomic mass is 11.6. The van der Waals surface area contributed by atoms with Crippen LogP contribution >= 0.6 is 31.9 Å². The normalized spacial score (nSPS) is 12.0. The molecule has 0 heterocycles. The molecule has 0 rings (SSSR count). The summed E-state index contributed by atoms with van der Waals surface area (Å²) in [5, 5.41) is -8.38. The maximum Gasteiger partial charge on any atom is 0.448 e. The average Bonchev–Trinajstić information content (AvgIpc) is 1.12. The lowest BCUT2D eigenvalue weighted by molar-refractivity contribution is -0.0254. The molecule has 0 aliphatic heterocycles. The van der Waals surface area contributed by atoms with E-state index in [1.807, 2.05) is 0 Å². The Morgan fingerprint density at radius 2 is 0.600 bits per heavy atom. The maximum atomic E-state index is 10.3. The Balaban J connectivity index is 0. The quantitative estimate of drug-likeness (QED) is 0.471. The third-order valence-corrected chi connectivity index (χ3v) is 0. The molecule has 0 saturated carbocycles. The van der Waals surface area contributed by atoms with Crippen molar-refractivity contribution in [3.8, 4) is 0 Å². The highest BCUT2D eigenvalue weighted by Crippen LogP contribution is 2.21. The largest absolute Gasteiger partial charge is 0.448 e. The summed E-state index contributed by atoms with van der Waals surface area (Å²) >= 11 is 2.75. The molecular weight excluding hydrogens is 298 g/mol. The first-order chi connectivity index (χ1) is 4.00. The van der Waals surface area contributed by atoms with Crippen molar-refractivity contribution in [3.05, 3.63) is 0 Å². The zero-order valence-corrected chi connectivity index (χ0v) is 7.20. The van der Waals surface area contributed by atoms with Crippen LogP contribution in [-0.4, -0.2) is 10.2 Å². The summed E-state index contributed by atoms with van der Waals surface area (Å²) in [5.41, 5.74) is 0. The third-order valence-electron chi connectivity index (χ3n) is 0. The van der Waals surface area contributed by atoms with Gasteiger partial charge in [-0.3, -0.25) is 0 Å². The predicted octanol–water partition coefficient (Wildman–Crippen LogP) is 3.80. The number of hydrogen-bond donors (Lipinski definition) is 0. The van der Waals surface area contributed by atoms with Gasteiger partial charge in [-0.25, -0.2) is 0 Å². The van der Waals surface area contributed by atoms with Gasteiger partial charge in [-0.05, 0) is 0 Å². The molecule has 0 atom stereocenters. The van der Waals surface area contributed by atoms with Crippen LogP contribution in [0, 0.1) is 0 Å². The molecule has 0 saturated heterocycles. The SMILES string of the molecule is FC(F)(F)Br.FC(F)(F)Br. The van der Waals surface area contributed by atoms with E-state index in [1.165, 1.54) is 31.9 Å². The second-order valence-corrected chi connectivity index (χ2v) is 2.66. The van der Waals surface area contributed by atoms with Gasteiger partial charge in [0.1, 0.15) is 0 Å². The number of hydrogen-bond acceptors (Lipinski definition) is 0. The molecule has 0 amide bonds. The van der Waals surface area contributed by atoms with Gasteiger partial charge in [0.2, 0.25) is 0 Å². The Hall–Kier alpha value is 0.540. The minimum atomic E-state index is -4.19. The minimum absolute atomic E-state index is 1.38. The lowest BCUT2D eigenvalue weighted by Gasteiger charge is -1.85. The Morgan fingerprint density at radius 3 is 0.600 bits per heavy atom. The van der Waals surface area contributed by atoms with Crippen molar-refractivity contribution in [3.63, 3.8) is 0 Å². The zero-order valence-electron chi connectivity index (χ0n) is 4.02. The average molecular weight is 298 g/mol. The first kappa shape index (κ1) is 13.2. The third kappa shape index (κ3) is 1660. The van der Waals surface area contributed by atoms with Crippen molar-refractivity contribution in [2.45, 2.75) is 10.2 Å². The summed E-state index contributed by atoms with van der Waals surface area (Å²) < 4.78 is 61.6. The summed E-state index contributed by atoms with van der Waals surface area (Å²) in [6.45, 7) is 0. The fourth-order valence-electron chi connectivity index (χ4n) is 0. The van der Waals surface area contributed by atoms with Crippen molar-refractivity contribution in [1.29, 1.82) is 0 Å². The topological polar surface area (TPSA) is 0 Å². The van der Waals surface area contributed by atoms with Gasteiger partial charge in [0, 0.05) is 31.9 Å². The molecule has 8 heteroatoms. The van der Waals surface area contributed by atoms with Crippen molar-refractivity contribution < 1.29 is 26.3 Å². The molecule has 0 spiro atoms. The van der Waals surface area contributed by atoms with Crippen molar-refractivity contribution in [2.75, 3.05) is 0 Å². The van der Waals surface area contributed by atoms with Gasteiger partial charge in [0.15, 0.2) is 0 Å². The van der Waals surface area contributed by atoms with Gasteiger partial charge >= 0.3 is 10.2 Å². The van der Waals surface area contributed by atoms with Crippen LogP contribution in [0.4, 0.5) is 26.3 Å². The van der Waals surface area contributed by atoms with Crippen LogP contribution in [0.5, 0.6) is 0 Å². The predicted molar refractivity (Wildman–Crippen MR) is 30.0 cm³/mol. The molecular formula is C2Br2F6. The maximum absolute atomic E-state index is 10.3. The number of alkyl halides is 8. The Bertz CT molecular complexity index is 56.7. The van der Waals surface area contributed by atoms with Crippen LogP contribution in [0.2, 0.25) is 0 Å². The van der Waals surface area contributed by atoms with E-state index in [0.717, 1.165) is 0 Å². The molecule has 0 aliphatic carbocycles. The van der Waals surface area contributed by atoms with E-state index in [2.05, 4.69) is 0 Å². The van der Waals surface area contributed by atoms with E-state index in [9.17, 15) is 26.3 Å². The van der Waals surface area contributed by atoms with Crippen LogP contribution in [0.15, 0.2) is 0 Å². The molecule has 64 valence electrons. The van der Waals surface area contributed by atoms with E-state index in [4.69, 9.17) is 0 Å². The van der Waals surface area contributed by atoms with Crippen LogP contribution in [0.3, 0.4) is 0 Å². The summed E-state index contributed by atoms with van der Waals surface area (Å²) in [5.74, 6) is 0. The van der Waals surface area contributed by atoms with E-state index in [0.29, 0.717) is 0 Å². The molecule has 0 nitrogen and oxygen atoms in total. The molecule has 0 aromatic carbocycles. The molecule has 0 bridgehead atoms. The molecule has 0 aromatic heterocycles. The van der Waals surface area contributed by atoms with Gasteiger partial charge in [-0.1, -0.05) is 0 Å². The summed E-state index contributed by atoms with van der Waals surface area (Å²) in [6, 6.07) is 0. The van der Waals surface area contributed by atoms with Crippen molar-refractivity contribution in [2.24, 2.45) is 0 Å². The second kappa shape index (κ2) is 4.42. The second-order valence-electron chi connectivity index (χ2n) is 0.857. The van der Waals surface area contributed by atoms with Gasteiger partial charge in [0.25, 0.3) is 0 Å². The van der Waals surface area contributed by atoms with E-state index < -0.39 is 10.2 Å². The highest BCUT2D eigenvalue weighted by molar-refractivity contribution is 9.10. The molecule has 10 heavy (non-hydrogen) atoms. The van der Waals surface area contributed by atoms with Gasteiger partial charge in [-0.2, -0.15) is 26.3 Å². The van der Waals surface area contributed by atoms with Crippen LogP contribution in [-0.2, 0) is 0 Å². The lowest BCUT2D eigenvalue weighted by Crippen LogP contribution is -1.88. The molecule has 0 N–H and O–H groups in total. The van der Waals surface area contributed by atoms with Gasteiger partial charge in [-0.15, -0.1) is 0 Å². The standard InChI is InChI=1S/2CBrF3/c2*2-1(3,4)5. The summed E-state index contributed by atoms with van der Waals surface area (Å²) in [7, 11) is 0. The Kier molecular flexibility index (Phi) is 5.82. The highest BCUT2D eigenvalue weighted by atomic mass is 79.9. The molecule has 0 aromatic rings. The number of halogens is 8. The van der Waals surface area contributed by atoms with E-state index >= 15 is 0 Å². The first-order valence-electron chi connectivity index (χ1n) is 1.51. The molecule has 0 aliphatic rings. The van der Waals surface area contributed by atoms with Crippen LogP contribution in [0.25, 0.3) is 0 Å². The first-order valence-corrected chi connectivity index (χ1v) is 3.10. The molecule has 0 fully saturated rings. The Morgan fingerprint density at radius 1 is 0.600 bits per heavy atom. The minimum Gasteiger partial charge on any atom is -0.160 e. The summed E-state index contributed by atoms with van der Waals surface area (Å²) in [4.78, 5) is 0. The van der Waals surface area contributed by atoms with Crippen molar-refractivity contribution >= 4 is 31.9 Å². The summed E-state index contributed by atoms with van der Waals surface area (Å²) in [6.07, 6.45) is 0. The van der Waals surface area contributed by atoms with Crippen molar-refractivity contribution in [1.82, 2.24) is 0 Å². The monoisotopic (exact) mass is 296 g/mol. The molecule has 0 unspecified atom stereocenters.